The summed E-state index contributed by atoms with van der Waals surface area (Å²) in [6.45, 7) is 7.52. The summed E-state index contributed by atoms with van der Waals surface area (Å²) in [4.78, 5) is 2.52. The van der Waals surface area contributed by atoms with E-state index in [1.807, 2.05) is 6.08 Å². The third kappa shape index (κ3) is 4.44. The molecule has 1 rings (SSSR count). The average molecular weight is 182 g/mol. The van der Waals surface area contributed by atoms with Crippen LogP contribution in [0, 0.1) is 5.92 Å². The quantitative estimate of drug-likeness (QED) is 0.632. The third-order valence-electron chi connectivity index (χ3n) is 2.56. The van der Waals surface area contributed by atoms with E-state index >= 15 is 0 Å². The Balaban J connectivity index is 2.23. The van der Waals surface area contributed by atoms with Crippen LogP contribution in [0.5, 0.6) is 0 Å². The van der Waals surface area contributed by atoms with Gasteiger partial charge in [0.25, 0.3) is 0 Å². The van der Waals surface area contributed by atoms with Crippen molar-refractivity contribution in [1.29, 1.82) is 0 Å². The van der Waals surface area contributed by atoms with Crippen LogP contribution in [0.15, 0.2) is 12.2 Å². The summed E-state index contributed by atoms with van der Waals surface area (Å²) < 4.78 is 0. The number of nitrogens with zero attached hydrogens (tertiary/aromatic N) is 1. The minimum absolute atomic E-state index is 0.656. The monoisotopic (exact) mass is 182 g/mol. The van der Waals surface area contributed by atoms with Crippen molar-refractivity contribution in [3.05, 3.63) is 12.2 Å². The highest BCUT2D eigenvalue weighted by molar-refractivity contribution is 4.88. The molecule has 0 atom stereocenters. The molecule has 1 fully saturated rings. The Morgan fingerprint density at radius 3 is 2.54 bits per heavy atom. The van der Waals surface area contributed by atoms with Crippen molar-refractivity contribution in [2.45, 2.75) is 32.7 Å². The normalized spacial score (nSPS) is 17.9. The van der Waals surface area contributed by atoms with E-state index in [-0.39, 0.29) is 0 Å². The predicted molar refractivity (Wildman–Crippen MR) is 57.6 cm³/mol. The Morgan fingerprint density at radius 2 is 2.08 bits per heavy atom. The van der Waals surface area contributed by atoms with Crippen molar-refractivity contribution in [2.24, 2.45) is 11.7 Å². The summed E-state index contributed by atoms with van der Waals surface area (Å²) in [7, 11) is 0. The van der Waals surface area contributed by atoms with E-state index in [0.29, 0.717) is 12.6 Å². The summed E-state index contributed by atoms with van der Waals surface area (Å²) in [5, 5.41) is 0. The Bertz CT molecular complexity index is 159. The first kappa shape index (κ1) is 10.7. The molecule has 2 nitrogen and oxygen atoms in total. The molecular formula is C11H22N2. The third-order valence-corrected chi connectivity index (χ3v) is 2.56. The zero-order valence-electron chi connectivity index (χ0n) is 8.87. The number of hydrogen-bond donors (Lipinski definition) is 1. The standard InChI is InChI=1S/C11H22N2/c1-10(2)13(8-4-3-7-12)9-11-5-6-11/h3-4,10-11H,5-9,12H2,1-2H3. The molecule has 0 unspecified atom stereocenters. The van der Waals surface area contributed by atoms with Gasteiger partial charge < -0.3 is 5.73 Å². The Hall–Kier alpha value is -0.340. The molecule has 76 valence electrons. The molecule has 0 saturated heterocycles. The first-order valence-electron chi connectivity index (χ1n) is 5.33. The van der Waals surface area contributed by atoms with Crippen LogP contribution in [0.25, 0.3) is 0 Å². The fourth-order valence-electron chi connectivity index (χ4n) is 1.43. The molecule has 2 N–H and O–H groups in total. The topological polar surface area (TPSA) is 29.3 Å². The van der Waals surface area contributed by atoms with Gasteiger partial charge in [0.1, 0.15) is 0 Å². The highest BCUT2D eigenvalue weighted by Gasteiger charge is 2.24. The first-order chi connectivity index (χ1) is 6.24. The zero-order chi connectivity index (χ0) is 9.68. The smallest absolute Gasteiger partial charge is 0.0166 e. The fourth-order valence-corrected chi connectivity index (χ4v) is 1.43. The van der Waals surface area contributed by atoms with E-state index in [1.54, 1.807) is 0 Å². The van der Waals surface area contributed by atoms with E-state index in [9.17, 15) is 0 Å². The molecule has 0 aromatic rings. The molecule has 13 heavy (non-hydrogen) atoms. The average Bonchev–Trinajstić information content (AvgIpc) is 2.86. The highest BCUT2D eigenvalue weighted by Crippen LogP contribution is 2.30. The Morgan fingerprint density at radius 1 is 1.38 bits per heavy atom. The molecule has 0 radical (unpaired) electrons. The van der Waals surface area contributed by atoms with E-state index < -0.39 is 0 Å². The van der Waals surface area contributed by atoms with Gasteiger partial charge in [0.15, 0.2) is 0 Å². The van der Waals surface area contributed by atoms with Crippen molar-refractivity contribution in [3.8, 4) is 0 Å². The molecule has 0 spiro atoms. The molecule has 0 aliphatic heterocycles. The second kappa shape index (κ2) is 5.40. The minimum atomic E-state index is 0.656. The van der Waals surface area contributed by atoms with Crippen LogP contribution in [-0.4, -0.2) is 30.6 Å². The van der Waals surface area contributed by atoms with Crippen LogP contribution >= 0.6 is 0 Å². The maximum absolute atomic E-state index is 5.40. The van der Waals surface area contributed by atoms with Gasteiger partial charge in [0.05, 0.1) is 0 Å². The number of nitrogens with two attached hydrogens (primary N) is 1. The molecule has 1 saturated carbocycles. The van der Waals surface area contributed by atoms with Crippen LogP contribution in [0.2, 0.25) is 0 Å². The van der Waals surface area contributed by atoms with Gasteiger partial charge in [-0.1, -0.05) is 12.2 Å². The van der Waals surface area contributed by atoms with Crippen molar-refractivity contribution >= 4 is 0 Å². The lowest BCUT2D eigenvalue weighted by Crippen LogP contribution is -2.32. The van der Waals surface area contributed by atoms with Crippen molar-refractivity contribution < 1.29 is 0 Å². The molecule has 0 amide bonds. The summed E-state index contributed by atoms with van der Waals surface area (Å²) in [6.07, 6.45) is 7.10. The number of hydrogen-bond acceptors (Lipinski definition) is 2. The van der Waals surface area contributed by atoms with Crippen LogP contribution in [0.3, 0.4) is 0 Å². The molecule has 0 aromatic carbocycles. The largest absolute Gasteiger partial charge is 0.327 e. The summed E-state index contributed by atoms with van der Waals surface area (Å²) >= 11 is 0. The van der Waals surface area contributed by atoms with Crippen molar-refractivity contribution in [3.63, 3.8) is 0 Å². The SMILES string of the molecule is CC(C)N(CC=CCN)CC1CC1. The van der Waals surface area contributed by atoms with Gasteiger partial charge in [-0.05, 0) is 32.6 Å². The summed E-state index contributed by atoms with van der Waals surface area (Å²) in [6, 6.07) is 0.656. The van der Waals surface area contributed by atoms with Gasteiger partial charge in [-0.3, -0.25) is 4.90 Å². The van der Waals surface area contributed by atoms with Crippen LogP contribution < -0.4 is 5.73 Å². The molecule has 1 aliphatic carbocycles. The maximum Gasteiger partial charge on any atom is 0.0166 e. The maximum atomic E-state index is 5.40. The second-order valence-electron chi connectivity index (χ2n) is 4.20. The molecule has 0 heterocycles. The zero-order valence-corrected chi connectivity index (χ0v) is 8.87. The van der Waals surface area contributed by atoms with Crippen LogP contribution in [0.1, 0.15) is 26.7 Å². The fraction of sp³-hybridized carbons (Fsp3) is 0.818. The molecular weight excluding hydrogens is 160 g/mol. The van der Waals surface area contributed by atoms with Crippen LogP contribution in [0.4, 0.5) is 0 Å². The van der Waals surface area contributed by atoms with Gasteiger partial charge >= 0.3 is 0 Å². The van der Waals surface area contributed by atoms with E-state index in [1.165, 1.54) is 19.4 Å². The lowest BCUT2D eigenvalue weighted by Gasteiger charge is -2.24. The molecule has 1 aliphatic rings. The second-order valence-corrected chi connectivity index (χ2v) is 4.20. The van der Waals surface area contributed by atoms with E-state index in [0.717, 1.165) is 12.5 Å². The summed E-state index contributed by atoms with van der Waals surface area (Å²) in [5.74, 6) is 0.980. The van der Waals surface area contributed by atoms with Gasteiger partial charge in [0.2, 0.25) is 0 Å². The number of rotatable bonds is 6. The molecule has 2 heteroatoms. The van der Waals surface area contributed by atoms with Gasteiger partial charge in [-0.2, -0.15) is 0 Å². The highest BCUT2D eigenvalue weighted by atomic mass is 15.1. The minimum Gasteiger partial charge on any atom is -0.327 e. The van der Waals surface area contributed by atoms with E-state index in [2.05, 4.69) is 24.8 Å². The van der Waals surface area contributed by atoms with Gasteiger partial charge in [-0.25, -0.2) is 0 Å². The van der Waals surface area contributed by atoms with Gasteiger partial charge in [-0.15, -0.1) is 0 Å². The molecule has 0 bridgehead atoms. The lowest BCUT2D eigenvalue weighted by molar-refractivity contribution is 0.236. The van der Waals surface area contributed by atoms with E-state index in [4.69, 9.17) is 5.73 Å². The van der Waals surface area contributed by atoms with Crippen molar-refractivity contribution in [1.82, 2.24) is 4.90 Å². The molecule has 0 aromatic heterocycles. The summed E-state index contributed by atoms with van der Waals surface area (Å²) in [5.41, 5.74) is 5.40. The van der Waals surface area contributed by atoms with Crippen molar-refractivity contribution in [2.75, 3.05) is 19.6 Å². The predicted octanol–water partition coefficient (Wildman–Crippen LogP) is 1.62. The van der Waals surface area contributed by atoms with Crippen LogP contribution in [-0.2, 0) is 0 Å². The van der Waals surface area contributed by atoms with Gasteiger partial charge in [0, 0.05) is 25.7 Å². The first-order valence-corrected chi connectivity index (χ1v) is 5.33. The Labute approximate surface area is 81.8 Å². The Kier molecular flexibility index (Phi) is 4.46. The lowest BCUT2D eigenvalue weighted by atomic mass is 10.2.